The molecular weight excluding hydrogens is 312 g/mol. The molecule has 2 heterocycles. The van der Waals surface area contributed by atoms with E-state index in [1.165, 1.54) is 5.56 Å². The van der Waals surface area contributed by atoms with Crippen LogP contribution in [-0.2, 0) is 11.3 Å². The lowest BCUT2D eigenvalue weighted by atomic mass is 9.74. The summed E-state index contributed by atoms with van der Waals surface area (Å²) in [5.74, 6) is 0.581. The third-order valence-electron chi connectivity index (χ3n) is 5.65. The highest BCUT2D eigenvalue weighted by Crippen LogP contribution is 2.38. The number of carbonyl (C=O) groups excluding carboxylic acids is 1. The molecule has 0 aromatic carbocycles. The van der Waals surface area contributed by atoms with Crippen molar-refractivity contribution in [2.45, 2.75) is 45.1 Å². The van der Waals surface area contributed by atoms with E-state index in [-0.39, 0.29) is 5.91 Å². The third-order valence-corrected chi connectivity index (χ3v) is 5.65. The van der Waals surface area contributed by atoms with Crippen LogP contribution in [-0.4, -0.2) is 47.4 Å². The smallest absolute Gasteiger partial charge is 0.243 e. The maximum Gasteiger partial charge on any atom is 0.243 e. The van der Waals surface area contributed by atoms with Crippen molar-refractivity contribution < 1.29 is 4.79 Å². The number of hydrogen-bond donors (Lipinski definition) is 0. The summed E-state index contributed by atoms with van der Waals surface area (Å²) < 4.78 is 0. The van der Waals surface area contributed by atoms with E-state index in [1.807, 2.05) is 17.2 Å². The molecular formula is C20H28N4O. The highest BCUT2D eigenvalue weighted by molar-refractivity contribution is 5.85. The van der Waals surface area contributed by atoms with E-state index in [1.54, 1.807) is 6.20 Å². The van der Waals surface area contributed by atoms with Crippen LogP contribution in [0.2, 0.25) is 0 Å². The number of likely N-dealkylation sites (tertiary alicyclic amines) is 1. The molecule has 5 heteroatoms. The maximum atomic E-state index is 13.0. The number of amides is 1. The van der Waals surface area contributed by atoms with Crippen LogP contribution in [0.3, 0.4) is 0 Å². The summed E-state index contributed by atoms with van der Waals surface area (Å²) in [7, 11) is 2.12. The van der Waals surface area contributed by atoms with Gasteiger partial charge < -0.3 is 9.80 Å². The van der Waals surface area contributed by atoms with Gasteiger partial charge in [-0.2, -0.15) is 5.26 Å². The van der Waals surface area contributed by atoms with Crippen LogP contribution in [0.4, 0.5) is 0 Å². The molecule has 1 amide bonds. The summed E-state index contributed by atoms with van der Waals surface area (Å²) in [4.78, 5) is 21.4. The number of nitriles is 1. The Balaban J connectivity index is 1.53. The zero-order valence-electron chi connectivity index (χ0n) is 15.2. The van der Waals surface area contributed by atoms with Crippen molar-refractivity contribution in [3.63, 3.8) is 0 Å². The topological polar surface area (TPSA) is 60.2 Å². The molecule has 1 saturated heterocycles. The molecule has 0 spiro atoms. The van der Waals surface area contributed by atoms with Crippen LogP contribution in [0.15, 0.2) is 24.5 Å². The van der Waals surface area contributed by atoms with Crippen LogP contribution in [0.1, 0.15) is 44.1 Å². The van der Waals surface area contributed by atoms with Crippen LogP contribution in [0.5, 0.6) is 0 Å². The predicted octanol–water partition coefficient (Wildman–Crippen LogP) is 2.84. The first-order valence-corrected chi connectivity index (χ1v) is 9.41. The Kier molecular flexibility index (Phi) is 5.70. The Morgan fingerprint density at radius 2 is 2.24 bits per heavy atom. The van der Waals surface area contributed by atoms with Crippen molar-refractivity contribution in [3.8, 4) is 6.07 Å². The summed E-state index contributed by atoms with van der Waals surface area (Å²) in [5, 5.41) is 9.64. The fourth-order valence-corrected chi connectivity index (χ4v) is 4.31. The minimum Gasteiger partial charge on any atom is -0.341 e. The van der Waals surface area contributed by atoms with Gasteiger partial charge in [0.05, 0.1) is 6.07 Å². The van der Waals surface area contributed by atoms with E-state index in [0.717, 1.165) is 64.7 Å². The van der Waals surface area contributed by atoms with Gasteiger partial charge in [-0.15, -0.1) is 0 Å². The fourth-order valence-electron chi connectivity index (χ4n) is 4.31. The first kappa shape index (κ1) is 17.9. The van der Waals surface area contributed by atoms with Crippen molar-refractivity contribution in [3.05, 3.63) is 30.1 Å². The first-order chi connectivity index (χ1) is 12.1. The minimum atomic E-state index is -0.741. The first-order valence-electron chi connectivity index (χ1n) is 9.41. The molecule has 25 heavy (non-hydrogen) atoms. The van der Waals surface area contributed by atoms with Gasteiger partial charge in [0.15, 0.2) is 0 Å². The molecule has 1 aromatic heterocycles. The lowest BCUT2D eigenvalue weighted by Gasteiger charge is -2.33. The van der Waals surface area contributed by atoms with Crippen molar-refractivity contribution in [1.82, 2.24) is 14.8 Å². The monoisotopic (exact) mass is 340 g/mol. The quantitative estimate of drug-likeness (QED) is 0.827. The van der Waals surface area contributed by atoms with Gasteiger partial charge in [-0.25, -0.2) is 0 Å². The van der Waals surface area contributed by atoms with Crippen molar-refractivity contribution in [2.75, 3.05) is 26.7 Å². The average Bonchev–Trinajstić information content (AvgIpc) is 3.10. The molecule has 1 saturated carbocycles. The Labute approximate surface area is 150 Å². The summed E-state index contributed by atoms with van der Waals surface area (Å²) in [5.41, 5.74) is 0.468. The number of aromatic nitrogens is 1. The number of nitrogens with zero attached hydrogens (tertiary/aromatic N) is 4. The molecule has 0 N–H and O–H groups in total. The number of carbonyl (C=O) groups is 1. The second-order valence-electron chi connectivity index (χ2n) is 7.72. The van der Waals surface area contributed by atoms with E-state index in [2.05, 4.69) is 29.1 Å². The molecule has 3 rings (SSSR count). The van der Waals surface area contributed by atoms with Gasteiger partial charge in [0.25, 0.3) is 0 Å². The van der Waals surface area contributed by atoms with E-state index in [0.29, 0.717) is 5.92 Å². The number of pyridine rings is 1. The highest BCUT2D eigenvalue weighted by atomic mass is 16.2. The molecule has 0 radical (unpaired) electrons. The van der Waals surface area contributed by atoms with Gasteiger partial charge in [-0.1, -0.05) is 25.3 Å². The number of rotatable bonds is 5. The fraction of sp³-hybridized carbons (Fsp3) is 0.650. The molecule has 1 aromatic rings. The zero-order chi connectivity index (χ0) is 17.7. The minimum absolute atomic E-state index is 0.0899. The van der Waals surface area contributed by atoms with Crippen molar-refractivity contribution in [1.29, 1.82) is 5.26 Å². The van der Waals surface area contributed by atoms with Gasteiger partial charge in [0.2, 0.25) is 5.91 Å². The lowest BCUT2D eigenvalue weighted by molar-refractivity contribution is -0.139. The normalized spacial score (nSPS) is 22.8. The van der Waals surface area contributed by atoms with Crippen LogP contribution in [0, 0.1) is 22.7 Å². The van der Waals surface area contributed by atoms with Gasteiger partial charge in [-0.3, -0.25) is 9.78 Å². The third kappa shape index (κ3) is 4.19. The van der Waals surface area contributed by atoms with E-state index in [4.69, 9.17) is 0 Å². The lowest BCUT2D eigenvalue weighted by Crippen LogP contribution is -2.43. The molecule has 0 unspecified atom stereocenters. The Hall–Kier alpha value is -1.93. The van der Waals surface area contributed by atoms with Crippen molar-refractivity contribution in [2.24, 2.45) is 11.3 Å². The predicted molar refractivity (Wildman–Crippen MR) is 96.4 cm³/mol. The second-order valence-corrected chi connectivity index (χ2v) is 7.72. The molecule has 0 bridgehead atoms. The van der Waals surface area contributed by atoms with E-state index >= 15 is 0 Å². The maximum absolute atomic E-state index is 13.0. The zero-order valence-corrected chi connectivity index (χ0v) is 15.2. The summed E-state index contributed by atoms with van der Waals surface area (Å²) >= 11 is 0. The highest BCUT2D eigenvalue weighted by Gasteiger charge is 2.44. The molecule has 1 aliphatic carbocycles. The molecule has 5 nitrogen and oxygen atoms in total. The van der Waals surface area contributed by atoms with Gasteiger partial charge >= 0.3 is 0 Å². The van der Waals surface area contributed by atoms with E-state index < -0.39 is 5.41 Å². The molecule has 1 aliphatic heterocycles. The summed E-state index contributed by atoms with van der Waals surface area (Å²) in [6.45, 7) is 3.44. The average molecular weight is 340 g/mol. The summed E-state index contributed by atoms with van der Waals surface area (Å²) in [6.07, 6.45) is 9.37. The Morgan fingerprint density at radius 3 is 2.92 bits per heavy atom. The van der Waals surface area contributed by atoms with Crippen LogP contribution >= 0.6 is 0 Å². The molecule has 2 fully saturated rings. The van der Waals surface area contributed by atoms with Crippen LogP contribution in [0.25, 0.3) is 0 Å². The van der Waals surface area contributed by atoms with Gasteiger partial charge in [0, 0.05) is 38.6 Å². The van der Waals surface area contributed by atoms with Crippen molar-refractivity contribution >= 4 is 5.91 Å². The summed E-state index contributed by atoms with van der Waals surface area (Å²) in [6, 6.07) is 6.43. The Morgan fingerprint density at radius 1 is 1.44 bits per heavy atom. The van der Waals surface area contributed by atoms with Gasteiger partial charge in [-0.05, 0) is 43.9 Å². The SMILES string of the molecule is CN(Cc1cccnc1)C[C@H]1CCN(C(=O)C2(C#N)CCCCC2)C1. The Bertz CT molecular complexity index is 618. The standard InChI is InChI=1S/C20H28N4O/c1-23(13-17-6-5-10-22-12-17)14-18-7-11-24(15-18)19(25)20(16-21)8-3-2-4-9-20/h5-6,10,12,18H,2-4,7-9,11,13-15H2,1H3/t18-/m1/s1. The van der Waals surface area contributed by atoms with Crippen LogP contribution < -0.4 is 0 Å². The van der Waals surface area contributed by atoms with E-state index in [9.17, 15) is 10.1 Å². The molecule has 2 aliphatic rings. The number of hydrogen-bond acceptors (Lipinski definition) is 4. The van der Waals surface area contributed by atoms with Gasteiger partial charge in [0.1, 0.15) is 5.41 Å². The molecule has 134 valence electrons. The molecule has 1 atom stereocenters. The largest absolute Gasteiger partial charge is 0.341 e. The second kappa shape index (κ2) is 7.97.